The summed E-state index contributed by atoms with van der Waals surface area (Å²) in [7, 11) is 0. The Kier molecular flexibility index (Phi) is 2.80. The van der Waals surface area contributed by atoms with Crippen LogP contribution in [0.2, 0.25) is 0 Å². The van der Waals surface area contributed by atoms with Gasteiger partial charge in [-0.25, -0.2) is 4.98 Å². The monoisotopic (exact) mass is 308 g/mol. The van der Waals surface area contributed by atoms with Crippen LogP contribution >= 0.6 is 11.3 Å². The first-order valence-electron chi connectivity index (χ1n) is 6.86. The zero-order valence-electron chi connectivity index (χ0n) is 12.1. The number of fused-ring (bicyclic) bond motifs is 2. The van der Waals surface area contributed by atoms with Crippen molar-refractivity contribution in [1.82, 2.24) is 19.6 Å². The van der Waals surface area contributed by atoms with Gasteiger partial charge in [-0.05, 0) is 19.4 Å². The van der Waals surface area contributed by atoms with Gasteiger partial charge in [0.25, 0.3) is 11.3 Å². The molecular weight excluding hydrogens is 296 g/mol. The van der Waals surface area contributed by atoms with E-state index in [2.05, 4.69) is 15.1 Å². The lowest BCUT2D eigenvalue weighted by Crippen LogP contribution is -2.19. The van der Waals surface area contributed by atoms with Crippen molar-refractivity contribution in [3.05, 3.63) is 57.3 Å². The molecule has 108 valence electrons. The van der Waals surface area contributed by atoms with Crippen LogP contribution in [0.4, 0.5) is 0 Å². The third-order valence-electron chi connectivity index (χ3n) is 3.74. The van der Waals surface area contributed by atoms with Gasteiger partial charge in [-0.2, -0.15) is 14.6 Å². The average molecular weight is 308 g/mol. The average Bonchev–Trinajstić information content (AvgIpc) is 2.83. The van der Waals surface area contributed by atoms with E-state index in [1.807, 2.05) is 44.2 Å². The predicted octanol–water partition coefficient (Wildman–Crippen LogP) is 2.98. The van der Waals surface area contributed by atoms with Gasteiger partial charge < -0.3 is 0 Å². The molecule has 0 radical (unpaired) electrons. The molecule has 0 spiro atoms. The molecule has 3 aromatic heterocycles. The maximum atomic E-state index is 12.7. The van der Waals surface area contributed by atoms with Crippen molar-refractivity contribution in [2.75, 3.05) is 0 Å². The molecule has 0 atom stereocenters. The molecule has 4 aromatic rings. The molecule has 0 saturated heterocycles. The maximum Gasteiger partial charge on any atom is 0.284 e. The van der Waals surface area contributed by atoms with E-state index in [1.165, 1.54) is 15.9 Å². The van der Waals surface area contributed by atoms with Crippen LogP contribution in [-0.4, -0.2) is 19.6 Å². The molecule has 3 heterocycles. The summed E-state index contributed by atoms with van der Waals surface area (Å²) in [6.45, 7) is 3.94. The van der Waals surface area contributed by atoms with Gasteiger partial charge in [0, 0.05) is 10.4 Å². The molecule has 4 rings (SSSR count). The van der Waals surface area contributed by atoms with Crippen molar-refractivity contribution < 1.29 is 0 Å². The Morgan fingerprint density at radius 1 is 1.14 bits per heavy atom. The quantitative estimate of drug-likeness (QED) is 0.542. The Bertz CT molecular complexity index is 1070. The van der Waals surface area contributed by atoms with Crippen LogP contribution in [0.1, 0.15) is 10.4 Å². The van der Waals surface area contributed by atoms with Crippen LogP contribution in [-0.2, 0) is 0 Å². The van der Waals surface area contributed by atoms with E-state index in [0.717, 1.165) is 20.8 Å². The highest BCUT2D eigenvalue weighted by molar-refractivity contribution is 7.18. The molecule has 0 amide bonds. The molecule has 0 fully saturated rings. The van der Waals surface area contributed by atoms with Gasteiger partial charge in [-0.3, -0.25) is 4.79 Å². The fraction of sp³-hybridized carbons (Fsp3) is 0.125. The number of hydrogen-bond acceptors (Lipinski definition) is 5. The number of rotatable bonds is 1. The molecule has 6 heteroatoms. The van der Waals surface area contributed by atoms with Crippen molar-refractivity contribution in [3.63, 3.8) is 0 Å². The van der Waals surface area contributed by atoms with Crippen LogP contribution in [0.3, 0.4) is 0 Å². The largest absolute Gasteiger partial charge is 0.284 e. The van der Waals surface area contributed by atoms with E-state index >= 15 is 0 Å². The lowest BCUT2D eigenvalue weighted by molar-refractivity contribution is 0.857. The molecular formula is C16H12N4OS. The highest BCUT2D eigenvalue weighted by Crippen LogP contribution is 2.26. The first-order chi connectivity index (χ1) is 10.6. The highest BCUT2D eigenvalue weighted by Gasteiger charge is 2.14. The third-order valence-corrected chi connectivity index (χ3v) is 4.84. The predicted molar refractivity (Wildman–Crippen MR) is 87.3 cm³/mol. The fourth-order valence-corrected chi connectivity index (χ4v) is 3.46. The second-order valence-corrected chi connectivity index (χ2v) is 6.30. The molecule has 1 aromatic carbocycles. The minimum Gasteiger partial charge on any atom is -0.266 e. The van der Waals surface area contributed by atoms with Gasteiger partial charge in [-0.15, -0.1) is 11.3 Å². The lowest BCUT2D eigenvalue weighted by atomic mass is 10.2. The van der Waals surface area contributed by atoms with Crippen LogP contribution in [0, 0.1) is 13.8 Å². The maximum absolute atomic E-state index is 12.7. The lowest BCUT2D eigenvalue weighted by Gasteiger charge is -2.03. The molecule has 0 N–H and O–H groups in total. The van der Waals surface area contributed by atoms with E-state index in [0.29, 0.717) is 16.9 Å². The van der Waals surface area contributed by atoms with Gasteiger partial charge in [0.15, 0.2) is 0 Å². The SMILES string of the molecule is Cc1sc2nc3ncc(-c4ccccc4)nn3c(=O)c2c1C. The Morgan fingerprint density at radius 2 is 1.91 bits per heavy atom. The number of aromatic nitrogens is 4. The Morgan fingerprint density at radius 3 is 2.68 bits per heavy atom. The van der Waals surface area contributed by atoms with Crippen molar-refractivity contribution in [3.8, 4) is 11.3 Å². The Balaban J connectivity index is 2.08. The number of benzene rings is 1. The number of nitrogens with zero attached hydrogens (tertiary/aromatic N) is 4. The van der Waals surface area contributed by atoms with E-state index < -0.39 is 0 Å². The summed E-state index contributed by atoms with van der Waals surface area (Å²) in [5.41, 5.74) is 2.38. The molecule has 22 heavy (non-hydrogen) atoms. The summed E-state index contributed by atoms with van der Waals surface area (Å²) >= 11 is 1.52. The third kappa shape index (κ3) is 1.84. The summed E-state index contributed by atoms with van der Waals surface area (Å²) in [6, 6.07) is 9.67. The van der Waals surface area contributed by atoms with Gasteiger partial charge in [0.05, 0.1) is 11.6 Å². The number of hydrogen-bond donors (Lipinski definition) is 0. The normalized spacial score (nSPS) is 11.4. The smallest absolute Gasteiger partial charge is 0.266 e. The first-order valence-corrected chi connectivity index (χ1v) is 7.68. The molecule has 0 unspecified atom stereocenters. The van der Waals surface area contributed by atoms with Crippen LogP contribution in [0.25, 0.3) is 27.3 Å². The van der Waals surface area contributed by atoms with E-state index in [1.54, 1.807) is 6.20 Å². The van der Waals surface area contributed by atoms with E-state index in [9.17, 15) is 4.79 Å². The zero-order valence-corrected chi connectivity index (χ0v) is 12.9. The van der Waals surface area contributed by atoms with Crippen molar-refractivity contribution in [1.29, 1.82) is 0 Å². The van der Waals surface area contributed by atoms with Gasteiger partial charge in [0.2, 0.25) is 0 Å². The van der Waals surface area contributed by atoms with Crippen LogP contribution < -0.4 is 5.56 Å². The van der Waals surface area contributed by atoms with Crippen molar-refractivity contribution >= 4 is 27.3 Å². The zero-order chi connectivity index (χ0) is 15.3. The van der Waals surface area contributed by atoms with Gasteiger partial charge in [-0.1, -0.05) is 30.3 Å². The van der Waals surface area contributed by atoms with Gasteiger partial charge >= 0.3 is 0 Å². The Labute approximate surface area is 129 Å². The first kappa shape index (κ1) is 13.1. The highest BCUT2D eigenvalue weighted by atomic mass is 32.1. The summed E-state index contributed by atoms with van der Waals surface area (Å²) in [4.78, 5) is 23.3. The molecule has 0 bridgehead atoms. The minimum absolute atomic E-state index is 0.160. The number of thiophene rings is 1. The van der Waals surface area contributed by atoms with Crippen LogP contribution in [0.15, 0.2) is 41.3 Å². The molecule has 0 aliphatic heterocycles. The van der Waals surface area contributed by atoms with E-state index in [4.69, 9.17) is 0 Å². The molecule has 5 nitrogen and oxygen atoms in total. The van der Waals surface area contributed by atoms with E-state index in [-0.39, 0.29) is 5.56 Å². The van der Waals surface area contributed by atoms with Crippen molar-refractivity contribution in [2.45, 2.75) is 13.8 Å². The van der Waals surface area contributed by atoms with Crippen molar-refractivity contribution in [2.24, 2.45) is 0 Å². The second kappa shape index (κ2) is 4.71. The summed E-state index contributed by atoms with van der Waals surface area (Å²) in [5, 5.41) is 5.07. The molecule has 0 saturated carbocycles. The summed E-state index contributed by atoms with van der Waals surface area (Å²) in [6.07, 6.45) is 1.65. The summed E-state index contributed by atoms with van der Waals surface area (Å²) < 4.78 is 1.30. The Hall–Kier alpha value is -2.60. The molecule has 0 aliphatic carbocycles. The fourth-order valence-electron chi connectivity index (χ4n) is 2.44. The number of aryl methyl sites for hydroxylation is 2. The van der Waals surface area contributed by atoms with Crippen LogP contribution in [0.5, 0.6) is 0 Å². The molecule has 0 aliphatic rings. The minimum atomic E-state index is -0.160. The summed E-state index contributed by atoms with van der Waals surface area (Å²) in [5.74, 6) is 0.332. The standard InChI is InChI=1S/C16H12N4OS/c1-9-10(2)22-14-13(9)15(21)20-16(18-14)17-8-12(19-20)11-6-4-3-5-7-11/h3-8H,1-2H3. The second-order valence-electron chi connectivity index (χ2n) is 5.10. The topological polar surface area (TPSA) is 60.1 Å². The van der Waals surface area contributed by atoms with Gasteiger partial charge in [0.1, 0.15) is 10.5 Å².